The molecular weight excluding hydrogens is 1360 g/mol. The maximum atomic E-state index is 15.5. The second kappa shape index (κ2) is 38.1. The third-order valence-corrected chi connectivity index (χ3v) is 18.3. The second-order valence-electron chi connectivity index (χ2n) is 24.1. The summed E-state index contributed by atoms with van der Waals surface area (Å²) in [4.78, 5) is 119. The highest BCUT2D eigenvalue weighted by Crippen LogP contribution is 2.36. The van der Waals surface area contributed by atoms with Crippen LogP contribution in [0, 0.1) is 12.8 Å². The van der Waals surface area contributed by atoms with Crippen molar-refractivity contribution in [1.29, 1.82) is 0 Å². The van der Waals surface area contributed by atoms with Gasteiger partial charge in [-0.05, 0) is 53.6 Å². The third-order valence-electron chi connectivity index (χ3n) is 16.6. The molecule has 2 aliphatic heterocycles. The summed E-state index contributed by atoms with van der Waals surface area (Å²) in [6, 6.07) is -7.36. The summed E-state index contributed by atoms with van der Waals surface area (Å²) in [5.41, 5.74) is 33.9. The molecule has 40 nitrogen and oxygen atoms in total. The Morgan fingerprint density at radius 3 is 2.14 bits per heavy atom. The first kappa shape index (κ1) is 81.7. The molecular formula is C58H93N19O21S2. The Hall–Kier alpha value is -7.28. The monoisotopic (exact) mass is 1460 g/mol. The van der Waals surface area contributed by atoms with Gasteiger partial charge in [-0.15, -0.1) is 22.7 Å². The number of aromatic amines is 1. The minimum absolute atomic E-state index is 0.0141. The number of hydrogen-bond acceptors (Lipinski definition) is 34. The van der Waals surface area contributed by atoms with Gasteiger partial charge in [0.05, 0.1) is 66.8 Å². The molecule has 6 rings (SSSR count). The smallest absolute Gasteiger partial charge is 0.404 e. The first-order valence-electron chi connectivity index (χ1n) is 31.8. The van der Waals surface area contributed by atoms with Gasteiger partial charge < -0.3 is 141 Å². The summed E-state index contributed by atoms with van der Waals surface area (Å²) in [6.07, 6.45) is -25.1. The van der Waals surface area contributed by atoms with Gasteiger partial charge in [0.1, 0.15) is 101 Å². The molecule has 0 spiro atoms. The average molecular weight is 1460 g/mol. The van der Waals surface area contributed by atoms with E-state index in [9.17, 15) is 69.9 Å². The second-order valence-corrected chi connectivity index (χ2v) is 25.9. The summed E-state index contributed by atoms with van der Waals surface area (Å²) < 4.78 is 29.0. The van der Waals surface area contributed by atoms with Gasteiger partial charge in [0, 0.05) is 67.8 Å². The fraction of sp³-hybridized carbons (Fsp3) is 0.655. The number of carbonyl (C=O) groups excluding carboxylic acids is 7. The highest BCUT2D eigenvalue weighted by molar-refractivity contribution is 7.14. The van der Waals surface area contributed by atoms with E-state index in [1.54, 1.807) is 10.8 Å². The van der Waals surface area contributed by atoms with Gasteiger partial charge in [-0.25, -0.2) is 29.7 Å². The van der Waals surface area contributed by atoms with Crippen molar-refractivity contribution in [2.24, 2.45) is 34.6 Å². The SMILES string of the molecule is Cc1c(N)nc(C(CC(N)=O)NCC(N)C(N)=O)nc1C(=O)N(C)C(C(=O)NC(C)C(O)C(C)C(O)NC(C(=O)NCCc1nc(-c2nc(C(=O)NCCCNC(C)CCN)cs2)cs1)C(C)O)C(OC1OC(CO)C(O)C(O)C1OC1OC(CO)C(O)C(OC(N)=O)C1O)c1cnc[nH]1. The molecule has 0 bridgehead atoms. The number of nitrogens with one attached hydrogen (secondary N) is 7. The number of hydrogen-bond donors (Lipinski definition) is 22. The summed E-state index contributed by atoms with van der Waals surface area (Å²) in [5.74, 6) is -7.28. The summed E-state index contributed by atoms with van der Waals surface area (Å²) in [6.45, 7) is 6.67. The number of thiazole rings is 2. The number of imidazole rings is 1. The lowest BCUT2D eigenvalue weighted by atomic mass is 9.95. The average Bonchev–Trinajstić information content (AvgIpc) is 1.15. The number of nitrogens with two attached hydrogens (primary N) is 6. The van der Waals surface area contributed by atoms with Gasteiger partial charge >= 0.3 is 6.09 Å². The number of primary amides is 3. The lowest BCUT2D eigenvalue weighted by Gasteiger charge is -2.47. The number of aliphatic hydroxyl groups is 9. The molecule has 28 N–H and O–H groups in total. The molecule has 100 heavy (non-hydrogen) atoms. The fourth-order valence-electron chi connectivity index (χ4n) is 10.7. The number of H-pyrrole nitrogens is 1. The van der Waals surface area contributed by atoms with Gasteiger partial charge in [0.25, 0.3) is 11.8 Å². The van der Waals surface area contributed by atoms with Crippen LogP contribution in [0.15, 0.2) is 23.3 Å². The van der Waals surface area contributed by atoms with Crippen molar-refractivity contribution >= 4 is 70.0 Å². The van der Waals surface area contributed by atoms with Crippen LogP contribution >= 0.6 is 22.7 Å². The Kier molecular flexibility index (Phi) is 31.1. The number of carbonyl (C=O) groups is 7. The highest BCUT2D eigenvalue weighted by Gasteiger charge is 2.54. The molecule has 2 saturated heterocycles. The van der Waals surface area contributed by atoms with Gasteiger partial charge in [-0.2, -0.15) is 0 Å². The fourth-order valence-corrected chi connectivity index (χ4v) is 12.3. The van der Waals surface area contributed by atoms with Crippen LogP contribution < -0.4 is 66.3 Å². The Labute approximate surface area is 581 Å². The van der Waals surface area contributed by atoms with E-state index < -0.39 is 183 Å². The zero-order valence-electron chi connectivity index (χ0n) is 55.6. The molecule has 2 aliphatic rings. The van der Waals surface area contributed by atoms with Gasteiger partial charge in [0.2, 0.25) is 23.6 Å². The van der Waals surface area contributed by atoms with E-state index in [-0.39, 0.29) is 60.1 Å². The molecule has 0 aromatic carbocycles. The van der Waals surface area contributed by atoms with E-state index in [0.29, 0.717) is 41.8 Å². The largest absolute Gasteiger partial charge is 0.441 e. The molecule has 42 heteroatoms. The predicted octanol–water partition coefficient (Wildman–Crippen LogP) is -8.12. The molecule has 558 valence electrons. The van der Waals surface area contributed by atoms with Crippen LogP contribution in [0.4, 0.5) is 10.6 Å². The van der Waals surface area contributed by atoms with Crippen molar-refractivity contribution in [1.82, 2.24) is 66.7 Å². The van der Waals surface area contributed by atoms with Gasteiger partial charge in [-0.1, -0.05) is 6.92 Å². The van der Waals surface area contributed by atoms with Crippen molar-refractivity contribution in [3.63, 3.8) is 0 Å². The summed E-state index contributed by atoms with van der Waals surface area (Å²) >= 11 is 2.52. The molecule has 21 atom stereocenters. The van der Waals surface area contributed by atoms with Crippen LogP contribution in [-0.4, -0.2) is 285 Å². The topological polar surface area (TPSA) is 659 Å². The lowest BCUT2D eigenvalue weighted by molar-refractivity contribution is -0.372. The lowest BCUT2D eigenvalue weighted by Crippen LogP contribution is -2.65. The van der Waals surface area contributed by atoms with Crippen molar-refractivity contribution in [3.8, 4) is 10.7 Å². The van der Waals surface area contributed by atoms with E-state index in [4.69, 9.17) is 58.1 Å². The van der Waals surface area contributed by atoms with Gasteiger partial charge in [0.15, 0.2) is 18.7 Å². The number of aliphatic hydroxyl groups excluding tert-OH is 9. The Morgan fingerprint density at radius 1 is 0.820 bits per heavy atom. The van der Waals surface area contributed by atoms with Crippen LogP contribution in [0.1, 0.15) is 102 Å². The molecule has 6 heterocycles. The standard InChI is InChI=1S/C58H93N19O21S2/c1-22(8-10-59)66-11-7-12-67-51(89)30-19-100-54(73-30)31-20-99-35(72-31)9-13-68-52(90)37(26(5)80)75-50(88)24(3)39(82)25(4)71-53(91)38(77(6)55(92)36-23(2)47(62)76-49(74-36)28(14-34(61)81)69-15-27(60)48(63)87)44(29-16-65-21-70-29)96-57-46(42(85)40(83)32(17-78)95-57)97-56-43(86)45(98-58(64)93)41(84)33(18-79)94-56/h16,19-22,24-28,32-33,37-46,50,56-57,66,69,75,78-80,82-86,88H,7-15,17-18,59-60H2,1-6H3,(H2,61,81)(H2,63,87)(H2,64,93)(H,65,70)(H,67,89)(H,68,90)(H,71,91)(H2,62,74,76). The molecule has 0 saturated carbocycles. The van der Waals surface area contributed by atoms with Crippen molar-refractivity contribution in [2.45, 2.75) is 183 Å². The van der Waals surface area contributed by atoms with Crippen molar-refractivity contribution in [2.75, 3.05) is 58.7 Å². The molecule has 4 aromatic heterocycles. The number of rotatable bonds is 39. The quantitative estimate of drug-likeness (QED) is 0.0146. The number of likely N-dealkylation sites (N-methyl/N-ethyl adjacent to an activating group) is 1. The Bertz CT molecular complexity index is 3330. The molecule has 21 unspecified atom stereocenters. The number of nitrogens with zero attached hydrogens (tertiary/aromatic N) is 6. The first-order valence-corrected chi connectivity index (χ1v) is 33.6. The third kappa shape index (κ3) is 21.6. The van der Waals surface area contributed by atoms with E-state index in [1.165, 1.54) is 50.4 Å². The summed E-state index contributed by atoms with van der Waals surface area (Å²) in [5, 5.41) is 122. The normalized spacial score (nSPS) is 24.2. The highest BCUT2D eigenvalue weighted by atomic mass is 32.1. The number of ether oxygens (including phenoxy) is 5. The maximum absolute atomic E-state index is 15.5. The molecule has 0 aliphatic carbocycles. The Morgan fingerprint density at radius 2 is 1.51 bits per heavy atom. The van der Waals surface area contributed by atoms with Crippen LogP contribution in [-0.2, 0) is 49.3 Å². The minimum atomic E-state index is -2.19. The van der Waals surface area contributed by atoms with Crippen molar-refractivity contribution in [3.05, 3.63) is 56.8 Å². The number of nitrogen functional groups attached to an aromatic ring is 1. The van der Waals surface area contributed by atoms with E-state index >= 15 is 9.59 Å². The number of aromatic nitrogens is 6. The van der Waals surface area contributed by atoms with Crippen molar-refractivity contribution < 1.29 is 103 Å². The van der Waals surface area contributed by atoms with Crippen LogP contribution in [0.5, 0.6) is 0 Å². The van der Waals surface area contributed by atoms with Crippen LogP contribution in [0.2, 0.25) is 0 Å². The Balaban J connectivity index is 1.25. The first-order chi connectivity index (χ1) is 47.3. The zero-order chi connectivity index (χ0) is 74.0. The molecule has 2 fully saturated rings. The molecule has 7 amide bonds. The van der Waals surface area contributed by atoms with Crippen LogP contribution in [0.25, 0.3) is 10.7 Å². The van der Waals surface area contributed by atoms with E-state index in [0.717, 1.165) is 30.9 Å². The maximum Gasteiger partial charge on any atom is 0.404 e. The van der Waals surface area contributed by atoms with Crippen LogP contribution in [0.3, 0.4) is 0 Å². The van der Waals surface area contributed by atoms with Gasteiger partial charge in [-0.3, -0.25) is 34.1 Å². The number of amides is 7. The minimum Gasteiger partial charge on any atom is -0.441 e. The number of anilines is 1. The molecule has 0 radical (unpaired) electrons. The van der Waals surface area contributed by atoms with E-state index in [1.807, 2.05) is 6.92 Å². The molecule has 4 aromatic rings. The van der Waals surface area contributed by atoms with E-state index in [2.05, 4.69) is 61.8 Å². The zero-order valence-corrected chi connectivity index (χ0v) is 57.2. The summed E-state index contributed by atoms with van der Waals surface area (Å²) in [7, 11) is 1.08. The predicted molar refractivity (Wildman–Crippen MR) is 351 cm³/mol.